The van der Waals surface area contributed by atoms with E-state index in [1.54, 1.807) is 7.11 Å². The number of hydrogen-bond acceptors (Lipinski definition) is 5. The maximum atomic E-state index is 10.7. The summed E-state index contributed by atoms with van der Waals surface area (Å²) in [6.07, 6.45) is 3.06. The van der Waals surface area contributed by atoms with Gasteiger partial charge in [0.05, 0.1) is 19.8 Å². The Bertz CT molecular complexity index is 1160. The first-order valence-corrected chi connectivity index (χ1v) is 11.5. The lowest BCUT2D eigenvalue weighted by Crippen LogP contribution is -2.43. The molecule has 3 aromatic carbocycles. The van der Waals surface area contributed by atoms with Crippen molar-refractivity contribution in [3.63, 3.8) is 0 Å². The van der Waals surface area contributed by atoms with E-state index >= 15 is 0 Å². The van der Waals surface area contributed by atoms with E-state index in [1.807, 2.05) is 24.3 Å². The highest BCUT2D eigenvalue weighted by Gasteiger charge is 2.36. The number of fused-ring (bicyclic) bond motifs is 3. The molecule has 3 aromatic rings. The first-order valence-electron chi connectivity index (χ1n) is 11.5. The van der Waals surface area contributed by atoms with Crippen LogP contribution in [0.5, 0.6) is 11.5 Å². The summed E-state index contributed by atoms with van der Waals surface area (Å²) in [4.78, 5) is 8.45. The van der Waals surface area contributed by atoms with Gasteiger partial charge in [-0.15, -0.1) is 0 Å². The number of phenolic OH excluding ortho intramolecular Hbond substituents is 1. The van der Waals surface area contributed by atoms with Crippen molar-refractivity contribution in [1.82, 2.24) is 10.4 Å². The van der Waals surface area contributed by atoms with Gasteiger partial charge in [0.1, 0.15) is 0 Å². The molecule has 2 atom stereocenters. The van der Waals surface area contributed by atoms with Gasteiger partial charge >= 0.3 is 0 Å². The molecule has 5 rings (SSSR count). The Labute approximate surface area is 195 Å². The summed E-state index contributed by atoms with van der Waals surface area (Å²) in [5, 5.41) is 10.7. The number of ether oxygens (including phenoxy) is 1. The van der Waals surface area contributed by atoms with E-state index in [2.05, 4.69) is 65.8 Å². The van der Waals surface area contributed by atoms with Crippen LogP contribution in [0.2, 0.25) is 0 Å². The standard InChI is InChI=1S/C28H30N2O3/c1-19-7-6-10-21(15-19)24-17-30-14-13-23-22(11-12-27(32-2)28(23)31)26(30)16-25(24)29-33-18-20-8-4-3-5-9-20/h3-12,15-16,24,26,29,31H,13-14,17-18H2,1-2H3/t24?,26-/m0/s1. The van der Waals surface area contributed by atoms with Crippen LogP contribution in [0.1, 0.15) is 39.8 Å². The third kappa shape index (κ3) is 4.34. The Morgan fingerprint density at radius 2 is 1.91 bits per heavy atom. The molecule has 0 saturated heterocycles. The number of hydrogen-bond donors (Lipinski definition) is 2. The summed E-state index contributed by atoms with van der Waals surface area (Å²) in [6.45, 7) is 4.38. The predicted octanol–water partition coefficient (Wildman–Crippen LogP) is 5.01. The quantitative estimate of drug-likeness (QED) is 0.526. The summed E-state index contributed by atoms with van der Waals surface area (Å²) < 4.78 is 5.34. The molecule has 170 valence electrons. The summed E-state index contributed by atoms with van der Waals surface area (Å²) in [6, 6.07) is 22.9. The fourth-order valence-corrected chi connectivity index (χ4v) is 5.00. The molecule has 0 bridgehead atoms. The zero-order chi connectivity index (χ0) is 22.8. The lowest BCUT2D eigenvalue weighted by Gasteiger charge is -2.42. The minimum atomic E-state index is 0.0782. The lowest BCUT2D eigenvalue weighted by molar-refractivity contribution is 0.0386. The molecule has 5 heteroatoms. The minimum Gasteiger partial charge on any atom is -0.504 e. The molecule has 2 heterocycles. The lowest BCUT2D eigenvalue weighted by atomic mass is 9.83. The van der Waals surface area contributed by atoms with Crippen LogP contribution < -0.4 is 10.2 Å². The number of rotatable bonds is 6. The van der Waals surface area contributed by atoms with E-state index < -0.39 is 0 Å². The summed E-state index contributed by atoms with van der Waals surface area (Å²) in [7, 11) is 1.59. The van der Waals surface area contributed by atoms with Gasteiger partial charge in [-0.25, -0.2) is 0 Å². The monoisotopic (exact) mass is 442 g/mol. The number of benzene rings is 3. The highest BCUT2D eigenvalue weighted by atomic mass is 16.6. The molecule has 0 amide bonds. The number of methoxy groups -OCH3 is 1. The summed E-state index contributed by atoms with van der Waals surface area (Å²) >= 11 is 0. The van der Waals surface area contributed by atoms with Gasteiger partial charge in [0.25, 0.3) is 0 Å². The highest BCUT2D eigenvalue weighted by Crippen LogP contribution is 2.44. The first-order chi connectivity index (χ1) is 16.1. The van der Waals surface area contributed by atoms with Crippen LogP contribution in [0.25, 0.3) is 0 Å². The second-order valence-corrected chi connectivity index (χ2v) is 8.84. The number of hydroxylamine groups is 1. The Morgan fingerprint density at radius 1 is 1.06 bits per heavy atom. The molecule has 0 aromatic heterocycles. The smallest absolute Gasteiger partial charge is 0.161 e. The van der Waals surface area contributed by atoms with Crippen molar-refractivity contribution < 1.29 is 14.7 Å². The summed E-state index contributed by atoms with van der Waals surface area (Å²) in [5.41, 5.74) is 10.1. The molecule has 1 unspecified atom stereocenters. The van der Waals surface area contributed by atoms with Crippen LogP contribution in [-0.4, -0.2) is 30.2 Å². The SMILES string of the molecule is COc1ccc2c(c1O)CCN1CC(c3cccc(C)c3)C(NOCc3ccccc3)=C[C@@H]21. The van der Waals surface area contributed by atoms with Gasteiger partial charge in [-0.3, -0.25) is 15.2 Å². The first kappa shape index (κ1) is 21.6. The molecule has 2 aliphatic rings. The molecular weight excluding hydrogens is 412 g/mol. The molecule has 33 heavy (non-hydrogen) atoms. The van der Waals surface area contributed by atoms with Gasteiger partial charge in [0.2, 0.25) is 0 Å². The van der Waals surface area contributed by atoms with Crippen LogP contribution in [0.3, 0.4) is 0 Å². The van der Waals surface area contributed by atoms with Crippen LogP contribution >= 0.6 is 0 Å². The van der Waals surface area contributed by atoms with Gasteiger partial charge in [-0.2, -0.15) is 0 Å². The Kier molecular flexibility index (Phi) is 6.07. The normalized spacial score (nSPS) is 19.9. The molecule has 5 nitrogen and oxygen atoms in total. The van der Waals surface area contributed by atoms with E-state index in [0.29, 0.717) is 12.4 Å². The Balaban J connectivity index is 1.47. The third-order valence-electron chi connectivity index (χ3n) is 6.71. The van der Waals surface area contributed by atoms with E-state index in [1.165, 1.54) is 11.1 Å². The number of phenols is 1. The van der Waals surface area contributed by atoms with Crippen molar-refractivity contribution in [3.05, 3.63) is 106 Å². The fraction of sp³-hybridized carbons (Fsp3) is 0.286. The fourth-order valence-electron chi connectivity index (χ4n) is 5.00. The van der Waals surface area contributed by atoms with Gasteiger partial charge in [-0.1, -0.05) is 66.2 Å². The molecule has 0 saturated carbocycles. The average molecular weight is 443 g/mol. The van der Waals surface area contributed by atoms with E-state index in [4.69, 9.17) is 9.57 Å². The largest absolute Gasteiger partial charge is 0.504 e. The van der Waals surface area contributed by atoms with Gasteiger partial charge in [0.15, 0.2) is 11.5 Å². The van der Waals surface area contributed by atoms with Crippen molar-refractivity contribution >= 4 is 0 Å². The zero-order valence-electron chi connectivity index (χ0n) is 19.1. The predicted molar refractivity (Wildman–Crippen MR) is 129 cm³/mol. The van der Waals surface area contributed by atoms with Crippen molar-refractivity contribution in [2.45, 2.75) is 31.9 Å². The van der Waals surface area contributed by atoms with E-state index in [-0.39, 0.29) is 17.7 Å². The van der Waals surface area contributed by atoms with Crippen LogP contribution in [-0.2, 0) is 17.9 Å². The molecule has 0 radical (unpaired) electrons. The van der Waals surface area contributed by atoms with Crippen LogP contribution in [0.15, 0.2) is 78.5 Å². The molecule has 0 spiro atoms. The van der Waals surface area contributed by atoms with E-state index in [9.17, 15) is 5.11 Å². The van der Waals surface area contributed by atoms with Crippen LogP contribution in [0, 0.1) is 6.92 Å². The Hall–Kier alpha value is -3.28. The van der Waals surface area contributed by atoms with E-state index in [0.717, 1.165) is 41.9 Å². The van der Waals surface area contributed by atoms with Crippen LogP contribution in [0.4, 0.5) is 0 Å². The van der Waals surface area contributed by atoms with Crippen molar-refractivity contribution in [3.8, 4) is 11.5 Å². The molecule has 2 N–H and O–H groups in total. The molecule has 2 aliphatic heterocycles. The maximum absolute atomic E-state index is 10.7. The van der Waals surface area contributed by atoms with Gasteiger partial charge in [0, 0.05) is 30.3 Å². The molecule has 0 aliphatic carbocycles. The van der Waals surface area contributed by atoms with Gasteiger partial charge in [-0.05, 0) is 42.2 Å². The topological polar surface area (TPSA) is 54.0 Å². The highest BCUT2D eigenvalue weighted by molar-refractivity contribution is 5.53. The molecular formula is C28H30N2O3. The van der Waals surface area contributed by atoms with Crippen molar-refractivity contribution in [2.24, 2.45) is 0 Å². The molecule has 0 fully saturated rings. The number of nitrogens with zero attached hydrogens (tertiary/aromatic N) is 1. The van der Waals surface area contributed by atoms with Gasteiger partial charge < -0.3 is 9.84 Å². The number of nitrogens with one attached hydrogen (secondary N) is 1. The average Bonchev–Trinajstić information content (AvgIpc) is 2.84. The summed E-state index contributed by atoms with van der Waals surface area (Å²) in [5.74, 6) is 0.980. The third-order valence-corrected chi connectivity index (χ3v) is 6.71. The Morgan fingerprint density at radius 3 is 2.70 bits per heavy atom. The number of aryl methyl sites for hydroxylation is 1. The van der Waals surface area contributed by atoms with Crippen molar-refractivity contribution in [2.75, 3.05) is 20.2 Å². The number of aromatic hydroxyl groups is 1. The second-order valence-electron chi connectivity index (χ2n) is 8.84. The van der Waals surface area contributed by atoms with Crippen molar-refractivity contribution in [1.29, 1.82) is 0 Å². The zero-order valence-corrected chi connectivity index (χ0v) is 19.1. The minimum absolute atomic E-state index is 0.0782. The maximum Gasteiger partial charge on any atom is 0.161 e. The second kappa shape index (κ2) is 9.30.